The molecule has 1 aliphatic rings. The topological polar surface area (TPSA) is 0 Å². The van der Waals surface area contributed by atoms with Crippen LogP contribution in [0.4, 0.5) is 8.78 Å². The molecule has 1 aliphatic carbocycles. The van der Waals surface area contributed by atoms with Crippen LogP contribution in [0.15, 0.2) is 0 Å². The van der Waals surface area contributed by atoms with Gasteiger partial charge in [-0.2, -0.15) is 0 Å². The second-order valence-electron chi connectivity index (χ2n) is 2.87. The number of halogens is 2. The minimum atomic E-state index is -1.20. The van der Waals surface area contributed by atoms with Crippen LogP contribution in [-0.4, -0.2) is 12.3 Å². The number of hydrogen-bond acceptors (Lipinski definition) is 0. The minimum Gasteiger partial charge on any atom is -0.244 e. The van der Waals surface area contributed by atoms with Crippen LogP contribution < -0.4 is 0 Å². The molecule has 1 saturated carbocycles. The highest BCUT2D eigenvalue weighted by atomic mass is 19.2. The van der Waals surface area contributed by atoms with Gasteiger partial charge in [-0.3, -0.25) is 0 Å². The molecule has 0 heterocycles. The molecule has 0 bridgehead atoms. The van der Waals surface area contributed by atoms with Crippen LogP contribution in [0.5, 0.6) is 0 Å². The molecule has 0 aromatic heterocycles. The first-order chi connectivity index (χ1) is 4.22. The third-order valence-corrected chi connectivity index (χ3v) is 2.03. The maximum atomic E-state index is 12.6. The lowest BCUT2D eigenvalue weighted by Crippen LogP contribution is -2.29. The van der Waals surface area contributed by atoms with Crippen molar-refractivity contribution in [2.24, 2.45) is 5.92 Å². The summed E-state index contributed by atoms with van der Waals surface area (Å²) in [6.45, 7) is 1.77. The van der Waals surface area contributed by atoms with Crippen molar-refractivity contribution in [2.75, 3.05) is 0 Å². The normalized spacial score (nSPS) is 45.0. The van der Waals surface area contributed by atoms with Crippen LogP contribution >= 0.6 is 0 Å². The molecule has 0 N–H and O–H groups in total. The van der Waals surface area contributed by atoms with Gasteiger partial charge in [-0.25, -0.2) is 8.78 Å². The van der Waals surface area contributed by atoms with Gasteiger partial charge in [0.25, 0.3) is 0 Å². The van der Waals surface area contributed by atoms with E-state index in [9.17, 15) is 8.78 Å². The van der Waals surface area contributed by atoms with E-state index in [2.05, 4.69) is 0 Å². The van der Waals surface area contributed by atoms with Crippen molar-refractivity contribution >= 4 is 0 Å². The molecule has 1 fully saturated rings. The van der Waals surface area contributed by atoms with Gasteiger partial charge < -0.3 is 0 Å². The summed E-state index contributed by atoms with van der Waals surface area (Å²) in [4.78, 5) is 0. The molecule has 0 aromatic rings. The summed E-state index contributed by atoms with van der Waals surface area (Å²) >= 11 is 0. The van der Waals surface area contributed by atoms with Crippen molar-refractivity contribution in [1.82, 2.24) is 0 Å². The third kappa shape index (κ3) is 1.41. The molecule has 0 aliphatic heterocycles. The van der Waals surface area contributed by atoms with Gasteiger partial charge in [-0.15, -0.1) is 0 Å². The summed E-state index contributed by atoms with van der Waals surface area (Å²) in [7, 11) is 0. The average molecular weight is 134 g/mol. The molecule has 0 saturated heterocycles. The second kappa shape index (κ2) is 2.63. The van der Waals surface area contributed by atoms with Crippen LogP contribution in [-0.2, 0) is 0 Å². The average Bonchev–Trinajstić information content (AvgIpc) is 1.83. The fraction of sp³-hybridized carbons (Fsp3) is 1.00. The van der Waals surface area contributed by atoms with Gasteiger partial charge in [0, 0.05) is 0 Å². The highest BCUT2D eigenvalue weighted by Crippen LogP contribution is 2.28. The standard InChI is InChI=1S/C7H12F2/c1-5-3-2-4-6(8)7(5)9/h5-7H,2-4H2,1H3/t5-,6+,7-/m0/s1. The lowest BCUT2D eigenvalue weighted by atomic mass is 9.88. The summed E-state index contributed by atoms with van der Waals surface area (Å²) in [6, 6.07) is 0. The lowest BCUT2D eigenvalue weighted by Gasteiger charge is -2.25. The summed E-state index contributed by atoms with van der Waals surface area (Å²) in [5, 5.41) is 0. The van der Waals surface area contributed by atoms with Crippen LogP contribution in [0.1, 0.15) is 26.2 Å². The Morgan fingerprint density at radius 3 is 2.33 bits per heavy atom. The van der Waals surface area contributed by atoms with E-state index in [0.29, 0.717) is 6.42 Å². The number of rotatable bonds is 0. The van der Waals surface area contributed by atoms with E-state index in [1.54, 1.807) is 6.92 Å². The summed E-state index contributed by atoms with van der Waals surface area (Å²) in [5.41, 5.74) is 0. The van der Waals surface area contributed by atoms with E-state index in [0.717, 1.165) is 12.8 Å². The van der Waals surface area contributed by atoms with Gasteiger partial charge in [-0.1, -0.05) is 13.3 Å². The van der Waals surface area contributed by atoms with Gasteiger partial charge >= 0.3 is 0 Å². The largest absolute Gasteiger partial charge is 0.244 e. The monoisotopic (exact) mass is 134 g/mol. The minimum absolute atomic E-state index is 0.0613. The fourth-order valence-electron chi connectivity index (χ4n) is 1.31. The van der Waals surface area contributed by atoms with Crippen LogP contribution in [0, 0.1) is 5.92 Å². The quantitative estimate of drug-likeness (QED) is 0.477. The fourth-order valence-corrected chi connectivity index (χ4v) is 1.31. The molecule has 0 nitrogen and oxygen atoms in total. The first-order valence-corrected chi connectivity index (χ1v) is 3.50. The van der Waals surface area contributed by atoms with Crippen molar-refractivity contribution in [3.05, 3.63) is 0 Å². The van der Waals surface area contributed by atoms with Crippen molar-refractivity contribution in [3.63, 3.8) is 0 Å². The molecule has 0 spiro atoms. The number of hydrogen-bond donors (Lipinski definition) is 0. The lowest BCUT2D eigenvalue weighted by molar-refractivity contribution is 0.0752. The molecule has 54 valence electrons. The zero-order valence-electron chi connectivity index (χ0n) is 5.61. The zero-order chi connectivity index (χ0) is 6.85. The first kappa shape index (κ1) is 6.97. The highest BCUT2D eigenvalue weighted by Gasteiger charge is 2.29. The van der Waals surface area contributed by atoms with E-state index >= 15 is 0 Å². The van der Waals surface area contributed by atoms with Crippen molar-refractivity contribution in [1.29, 1.82) is 0 Å². The second-order valence-corrected chi connectivity index (χ2v) is 2.87. The Bertz CT molecular complexity index is 82.9. The zero-order valence-corrected chi connectivity index (χ0v) is 5.61. The molecule has 0 amide bonds. The van der Waals surface area contributed by atoms with Crippen molar-refractivity contribution in [3.8, 4) is 0 Å². The third-order valence-electron chi connectivity index (χ3n) is 2.03. The molecule has 0 radical (unpaired) electrons. The van der Waals surface area contributed by atoms with Crippen molar-refractivity contribution in [2.45, 2.75) is 38.5 Å². The smallest absolute Gasteiger partial charge is 0.134 e. The predicted octanol–water partition coefficient (Wildman–Crippen LogP) is 2.48. The van der Waals surface area contributed by atoms with Crippen LogP contribution in [0.3, 0.4) is 0 Å². The highest BCUT2D eigenvalue weighted by molar-refractivity contribution is 4.78. The maximum Gasteiger partial charge on any atom is 0.134 e. The number of alkyl halides is 2. The maximum absolute atomic E-state index is 12.6. The van der Waals surface area contributed by atoms with E-state index in [1.807, 2.05) is 0 Å². The van der Waals surface area contributed by atoms with E-state index in [1.165, 1.54) is 0 Å². The van der Waals surface area contributed by atoms with Gasteiger partial charge in [-0.05, 0) is 18.8 Å². The van der Waals surface area contributed by atoms with Gasteiger partial charge in [0.15, 0.2) is 0 Å². The summed E-state index contributed by atoms with van der Waals surface area (Å²) < 4.78 is 25.0. The summed E-state index contributed by atoms with van der Waals surface area (Å²) in [6.07, 6.45) is -0.261. The van der Waals surface area contributed by atoms with Gasteiger partial charge in [0.05, 0.1) is 0 Å². The molecular formula is C7H12F2. The van der Waals surface area contributed by atoms with E-state index < -0.39 is 12.3 Å². The van der Waals surface area contributed by atoms with E-state index in [4.69, 9.17) is 0 Å². The molecule has 9 heavy (non-hydrogen) atoms. The van der Waals surface area contributed by atoms with Crippen molar-refractivity contribution < 1.29 is 8.78 Å². The Balaban J connectivity index is 2.41. The molecule has 0 unspecified atom stereocenters. The van der Waals surface area contributed by atoms with Gasteiger partial charge in [0.1, 0.15) is 12.3 Å². The van der Waals surface area contributed by atoms with Gasteiger partial charge in [0.2, 0.25) is 0 Å². The Labute approximate surface area is 54.3 Å². The SMILES string of the molecule is C[C@H]1CCC[C@@H](F)[C@H]1F. The Kier molecular flexibility index (Phi) is 2.04. The molecule has 3 atom stereocenters. The first-order valence-electron chi connectivity index (χ1n) is 3.50. The molecule has 1 rings (SSSR count). The predicted molar refractivity (Wildman–Crippen MR) is 32.8 cm³/mol. The molecule has 0 aromatic carbocycles. The van der Waals surface area contributed by atoms with Crippen LogP contribution in [0.2, 0.25) is 0 Å². The Hall–Kier alpha value is -0.140. The molecular weight excluding hydrogens is 122 g/mol. The summed E-state index contributed by atoms with van der Waals surface area (Å²) in [5.74, 6) is -0.0613. The van der Waals surface area contributed by atoms with Crippen LogP contribution in [0.25, 0.3) is 0 Å². The van der Waals surface area contributed by atoms with E-state index in [-0.39, 0.29) is 5.92 Å². The Morgan fingerprint density at radius 2 is 1.89 bits per heavy atom. The molecule has 2 heteroatoms. The Morgan fingerprint density at radius 1 is 1.22 bits per heavy atom.